The highest BCUT2D eigenvalue weighted by atomic mass is 16.7. The van der Waals surface area contributed by atoms with Crippen LogP contribution in [0.15, 0.2) is 6.33 Å². The van der Waals surface area contributed by atoms with Gasteiger partial charge in [-0.05, 0) is 25.2 Å². The maximum atomic E-state index is 6.21. The SMILES string of the molecule is Cn1cnc(-c2c3c(nn2C)[C@@]2(C)CCC4(OCCO4)C(C)(C)[C@@H]2CC3)n1. The zero-order chi connectivity index (χ0) is 19.0. The summed E-state index contributed by atoms with van der Waals surface area (Å²) in [5.74, 6) is 0.794. The third-order valence-corrected chi connectivity index (χ3v) is 7.53. The minimum absolute atomic E-state index is 0.0163. The second-order valence-corrected chi connectivity index (χ2v) is 9.22. The molecule has 27 heavy (non-hydrogen) atoms. The van der Waals surface area contributed by atoms with Gasteiger partial charge in [0.05, 0.1) is 18.9 Å². The van der Waals surface area contributed by atoms with Crippen LogP contribution in [-0.4, -0.2) is 43.5 Å². The summed E-state index contributed by atoms with van der Waals surface area (Å²) in [6.45, 7) is 8.46. The van der Waals surface area contributed by atoms with Crippen molar-refractivity contribution in [2.45, 2.75) is 57.7 Å². The van der Waals surface area contributed by atoms with Crippen LogP contribution in [0.3, 0.4) is 0 Å². The quantitative estimate of drug-likeness (QED) is 0.771. The standard InChI is InChI=1S/C20H29N5O2/c1-18(2)14-7-6-13-15(17-21-12-24(4)23-17)25(5)22-16(13)19(14,3)8-9-20(18)26-10-11-27-20/h12,14H,6-11H2,1-5H3/t14-,19-/m0/s1. The number of nitrogens with zero attached hydrogens (tertiary/aromatic N) is 5. The van der Waals surface area contributed by atoms with Crippen LogP contribution < -0.4 is 0 Å². The molecule has 1 spiro atoms. The van der Waals surface area contributed by atoms with Crippen LogP contribution in [-0.2, 0) is 35.4 Å². The minimum atomic E-state index is -0.436. The van der Waals surface area contributed by atoms with Gasteiger partial charge in [-0.25, -0.2) is 4.98 Å². The molecule has 0 N–H and O–H groups in total. The predicted octanol–water partition coefficient (Wildman–Crippen LogP) is 2.60. The Hall–Kier alpha value is -1.73. The zero-order valence-electron chi connectivity index (χ0n) is 16.9. The van der Waals surface area contributed by atoms with Crippen molar-refractivity contribution >= 4 is 0 Å². The lowest BCUT2D eigenvalue weighted by atomic mass is 9.49. The van der Waals surface area contributed by atoms with Crippen LogP contribution in [0.1, 0.15) is 51.3 Å². The van der Waals surface area contributed by atoms with Crippen LogP contribution in [0, 0.1) is 11.3 Å². The van der Waals surface area contributed by atoms with Crippen LogP contribution in [0.2, 0.25) is 0 Å². The summed E-state index contributed by atoms with van der Waals surface area (Å²) in [7, 11) is 3.92. The van der Waals surface area contributed by atoms with Crippen molar-refractivity contribution in [3.8, 4) is 11.5 Å². The van der Waals surface area contributed by atoms with Gasteiger partial charge in [-0.3, -0.25) is 9.36 Å². The summed E-state index contributed by atoms with van der Waals surface area (Å²) in [5, 5.41) is 9.56. The molecule has 5 rings (SSSR count). The molecular weight excluding hydrogens is 342 g/mol. The molecule has 1 saturated heterocycles. The van der Waals surface area contributed by atoms with Crippen molar-refractivity contribution in [3.63, 3.8) is 0 Å². The highest BCUT2D eigenvalue weighted by Gasteiger charge is 2.64. The molecule has 0 aromatic carbocycles. The molecule has 7 heteroatoms. The second-order valence-electron chi connectivity index (χ2n) is 9.22. The molecule has 2 aromatic rings. The van der Waals surface area contributed by atoms with Crippen molar-refractivity contribution < 1.29 is 9.47 Å². The third-order valence-electron chi connectivity index (χ3n) is 7.53. The maximum Gasteiger partial charge on any atom is 0.199 e. The lowest BCUT2D eigenvalue weighted by molar-refractivity contribution is -0.276. The highest BCUT2D eigenvalue weighted by molar-refractivity contribution is 5.59. The van der Waals surface area contributed by atoms with Gasteiger partial charge < -0.3 is 9.47 Å². The summed E-state index contributed by atoms with van der Waals surface area (Å²) in [5.41, 5.74) is 3.57. The first kappa shape index (κ1) is 17.4. The lowest BCUT2D eigenvalue weighted by Gasteiger charge is -2.59. The Morgan fingerprint density at radius 1 is 1.07 bits per heavy atom. The molecule has 3 heterocycles. The Kier molecular flexibility index (Phi) is 3.48. The zero-order valence-corrected chi connectivity index (χ0v) is 16.9. The van der Waals surface area contributed by atoms with E-state index in [1.165, 1.54) is 11.3 Å². The molecule has 1 aliphatic heterocycles. The molecule has 146 valence electrons. The van der Waals surface area contributed by atoms with Gasteiger partial charge in [0.25, 0.3) is 0 Å². The van der Waals surface area contributed by atoms with E-state index in [0.717, 1.165) is 37.2 Å². The van der Waals surface area contributed by atoms with Crippen LogP contribution in [0.4, 0.5) is 0 Å². The predicted molar refractivity (Wildman–Crippen MR) is 100 cm³/mol. The van der Waals surface area contributed by atoms with Gasteiger partial charge in [0, 0.05) is 36.9 Å². The fourth-order valence-electron chi connectivity index (χ4n) is 6.20. The Morgan fingerprint density at radius 2 is 1.81 bits per heavy atom. The van der Waals surface area contributed by atoms with E-state index in [0.29, 0.717) is 19.1 Å². The molecule has 0 bridgehead atoms. The Labute approximate surface area is 160 Å². The van der Waals surface area contributed by atoms with Gasteiger partial charge in [0.1, 0.15) is 12.0 Å². The van der Waals surface area contributed by atoms with Crippen molar-refractivity contribution in [2.75, 3.05) is 13.2 Å². The summed E-state index contributed by atoms with van der Waals surface area (Å²) < 4.78 is 16.2. The van der Waals surface area contributed by atoms with Crippen molar-refractivity contribution in [1.82, 2.24) is 24.5 Å². The molecule has 3 aliphatic rings. The molecule has 0 unspecified atom stereocenters. The molecular formula is C20H29N5O2. The summed E-state index contributed by atoms with van der Waals surface area (Å²) in [6.07, 6.45) is 5.80. The summed E-state index contributed by atoms with van der Waals surface area (Å²) >= 11 is 0. The van der Waals surface area contributed by atoms with Crippen LogP contribution in [0.25, 0.3) is 11.5 Å². The van der Waals surface area contributed by atoms with E-state index in [1.807, 2.05) is 18.8 Å². The van der Waals surface area contributed by atoms with Gasteiger partial charge in [-0.2, -0.15) is 5.10 Å². The summed E-state index contributed by atoms with van der Waals surface area (Å²) in [6, 6.07) is 0. The summed E-state index contributed by atoms with van der Waals surface area (Å²) in [4.78, 5) is 4.49. The van der Waals surface area contributed by atoms with Crippen molar-refractivity contribution in [1.29, 1.82) is 0 Å². The van der Waals surface area contributed by atoms with E-state index in [1.54, 1.807) is 11.0 Å². The van der Waals surface area contributed by atoms with E-state index in [2.05, 4.69) is 30.9 Å². The van der Waals surface area contributed by atoms with E-state index in [4.69, 9.17) is 14.6 Å². The minimum Gasteiger partial charge on any atom is -0.347 e. The monoisotopic (exact) mass is 371 g/mol. The first-order valence-corrected chi connectivity index (χ1v) is 9.99. The number of aromatic nitrogens is 5. The molecule has 7 nitrogen and oxygen atoms in total. The van der Waals surface area contributed by atoms with Gasteiger partial charge in [-0.1, -0.05) is 20.8 Å². The van der Waals surface area contributed by atoms with E-state index < -0.39 is 5.79 Å². The number of hydrogen-bond acceptors (Lipinski definition) is 5. The lowest BCUT2D eigenvalue weighted by Crippen LogP contribution is -2.61. The van der Waals surface area contributed by atoms with E-state index in [-0.39, 0.29) is 10.8 Å². The normalized spacial score (nSPS) is 31.1. The van der Waals surface area contributed by atoms with E-state index in [9.17, 15) is 0 Å². The first-order chi connectivity index (χ1) is 12.8. The van der Waals surface area contributed by atoms with Crippen LogP contribution in [0.5, 0.6) is 0 Å². The average molecular weight is 371 g/mol. The van der Waals surface area contributed by atoms with Crippen molar-refractivity contribution in [2.24, 2.45) is 25.4 Å². The van der Waals surface area contributed by atoms with Gasteiger partial charge in [0.2, 0.25) is 0 Å². The second kappa shape index (κ2) is 5.41. The van der Waals surface area contributed by atoms with Gasteiger partial charge in [-0.15, -0.1) is 5.10 Å². The number of ether oxygens (including phenoxy) is 2. The van der Waals surface area contributed by atoms with Crippen LogP contribution >= 0.6 is 0 Å². The molecule has 2 aromatic heterocycles. The van der Waals surface area contributed by atoms with Crippen molar-refractivity contribution in [3.05, 3.63) is 17.6 Å². The molecule has 1 saturated carbocycles. The fraction of sp³-hybridized carbons (Fsp3) is 0.750. The van der Waals surface area contributed by atoms with E-state index >= 15 is 0 Å². The highest BCUT2D eigenvalue weighted by Crippen LogP contribution is 2.62. The smallest absolute Gasteiger partial charge is 0.199 e. The van der Waals surface area contributed by atoms with Gasteiger partial charge in [0.15, 0.2) is 11.6 Å². The Balaban J connectivity index is 1.61. The number of hydrogen-bond donors (Lipinski definition) is 0. The molecule has 0 radical (unpaired) electrons. The Bertz CT molecular complexity index is 892. The molecule has 2 fully saturated rings. The molecule has 2 atom stereocenters. The average Bonchev–Trinajstić information content (AvgIpc) is 3.31. The number of aryl methyl sites for hydroxylation is 2. The first-order valence-electron chi connectivity index (χ1n) is 9.99. The third kappa shape index (κ3) is 2.12. The van der Waals surface area contributed by atoms with Gasteiger partial charge >= 0.3 is 0 Å². The maximum absolute atomic E-state index is 6.21. The number of rotatable bonds is 1. The topological polar surface area (TPSA) is 67.0 Å². The molecule has 0 amide bonds. The number of fused-ring (bicyclic) bond motifs is 3. The molecule has 2 aliphatic carbocycles. The Morgan fingerprint density at radius 3 is 2.48 bits per heavy atom. The fourth-order valence-corrected chi connectivity index (χ4v) is 6.20. The largest absolute Gasteiger partial charge is 0.347 e.